The molecular weight excluding hydrogens is 606 g/mol. The Balaban J connectivity index is 1.38. The Morgan fingerprint density at radius 3 is 2.70 bits per heavy atom. The first-order valence-electron chi connectivity index (χ1n) is 15.4. The van der Waals surface area contributed by atoms with Crippen LogP contribution in [0.3, 0.4) is 0 Å². The SMILES string of the molecule is C=C(F)C(=O)N1CCN(c2nc(OC[C@@H]3C[C@@H](F)CN3C)nc3cc(-c4cc(O)cc5ccccc45)c4ccoc4c23)C[C@@H]1CC#N. The third-order valence-corrected chi connectivity index (χ3v) is 9.14. The predicted molar refractivity (Wildman–Crippen MR) is 174 cm³/mol. The smallest absolute Gasteiger partial charge is 0.319 e. The summed E-state index contributed by atoms with van der Waals surface area (Å²) in [5.74, 6) is -1.35. The second-order valence-electron chi connectivity index (χ2n) is 12.1. The van der Waals surface area contributed by atoms with Crippen molar-refractivity contribution in [2.75, 3.05) is 44.7 Å². The van der Waals surface area contributed by atoms with E-state index in [9.17, 15) is 23.9 Å². The van der Waals surface area contributed by atoms with Crippen molar-refractivity contribution in [1.82, 2.24) is 19.8 Å². The van der Waals surface area contributed by atoms with Crippen LogP contribution in [0.1, 0.15) is 12.8 Å². The van der Waals surface area contributed by atoms with Gasteiger partial charge in [0.25, 0.3) is 5.91 Å². The minimum absolute atomic E-state index is 0.0226. The van der Waals surface area contributed by atoms with E-state index in [-0.39, 0.29) is 50.5 Å². The lowest BCUT2D eigenvalue weighted by molar-refractivity contribution is -0.131. The summed E-state index contributed by atoms with van der Waals surface area (Å²) in [7, 11) is 1.85. The number of phenolic OH excluding ortho intramolecular Hbond substituents is 1. The zero-order valence-electron chi connectivity index (χ0n) is 25.7. The number of carbonyl (C=O) groups is 1. The molecule has 2 saturated heterocycles. The van der Waals surface area contributed by atoms with Gasteiger partial charge in [0, 0.05) is 37.6 Å². The largest absolute Gasteiger partial charge is 0.508 e. The van der Waals surface area contributed by atoms with Gasteiger partial charge in [0.15, 0.2) is 5.83 Å². The van der Waals surface area contributed by atoms with Crippen molar-refractivity contribution in [3.8, 4) is 29.0 Å². The van der Waals surface area contributed by atoms with Gasteiger partial charge < -0.3 is 24.1 Å². The van der Waals surface area contributed by atoms with E-state index >= 15 is 0 Å². The van der Waals surface area contributed by atoms with Gasteiger partial charge in [-0.1, -0.05) is 30.8 Å². The number of halogens is 2. The zero-order valence-corrected chi connectivity index (χ0v) is 25.7. The molecule has 4 heterocycles. The van der Waals surface area contributed by atoms with Gasteiger partial charge in [0.2, 0.25) is 0 Å². The fourth-order valence-electron chi connectivity index (χ4n) is 6.86. The number of likely N-dealkylation sites (tertiary alicyclic amines) is 1. The highest BCUT2D eigenvalue weighted by molar-refractivity contribution is 6.16. The molecule has 10 nitrogen and oxygen atoms in total. The molecule has 2 fully saturated rings. The molecule has 1 amide bonds. The van der Waals surface area contributed by atoms with Crippen LogP contribution in [0.25, 0.3) is 43.8 Å². The monoisotopic (exact) mass is 638 g/mol. The Hall–Kier alpha value is -5.28. The summed E-state index contributed by atoms with van der Waals surface area (Å²) < 4.78 is 40.3. The standard InChI is InChI=1S/C35H32F2N6O4/c1-20(36)34(45)43-11-10-42(18-23(43)7-9-38)33-31-30(39-35(40-33)47-19-24-14-22(37)17-41(24)2)16-29(27-8-12-46-32(27)31)28-15-25(44)13-21-5-3-4-6-26(21)28/h3-6,8,12-13,15-16,22-24,44H,1,7,10-11,14,17-19H2,2H3/t22-,23+,24+/m1/s1. The number of hydrogen-bond acceptors (Lipinski definition) is 9. The number of hydrogen-bond donors (Lipinski definition) is 1. The number of fused-ring (bicyclic) bond motifs is 4. The first-order chi connectivity index (χ1) is 22.7. The molecule has 7 rings (SSSR count). The summed E-state index contributed by atoms with van der Waals surface area (Å²) >= 11 is 0. The van der Waals surface area contributed by atoms with E-state index in [1.807, 2.05) is 53.2 Å². The molecule has 0 radical (unpaired) electrons. The average Bonchev–Trinajstić information content (AvgIpc) is 3.68. The number of furan rings is 1. The van der Waals surface area contributed by atoms with Gasteiger partial charge in [-0.25, -0.2) is 8.78 Å². The van der Waals surface area contributed by atoms with Gasteiger partial charge in [-0.2, -0.15) is 15.2 Å². The molecular formula is C35H32F2N6O4. The Morgan fingerprint density at radius 2 is 1.94 bits per heavy atom. The van der Waals surface area contributed by atoms with Crippen LogP contribution in [0.5, 0.6) is 11.8 Å². The van der Waals surface area contributed by atoms with Gasteiger partial charge in [-0.05, 0) is 59.6 Å². The van der Waals surface area contributed by atoms with E-state index in [2.05, 4.69) is 12.6 Å². The summed E-state index contributed by atoms with van der Waals surface area (Å²) in [6.07, 6.45) is 0.957. The van der Waals surface area contributed by atoms with Gasteiger partial charge >= 0.3 is 6.01 Å². The lowest BCUT2D eigenvalue weighted by Crippen LogP contribution is -2.55. The second kappa shape index (κ2) is 12.1. The minimum Gasteiger partial charge on any atom is -0.508 e. The van der Waals surface area contributed by atoms with Crippen LogP contribution in [-0.2, 0) is 4.79 Å². The molecule has 240 valence electrons. The maximum absolute atomic E-state index is 14.1. The molecule has 0 saturated carbocycles. The predicted octanol–water partition coefficient (Wildman–Crippen LogP) is 5.74. The number of carbonyl (C=O) groups excluding carboxylic acids is 1. The van der Waals surface area contributed by atoms with Crippen LogP contribution in [0.15, 0.2) is 71.6 Å². The molecule has 2 aliphatic rings. The van der Waals surface area contributed by atoms with Crippen LogP contribution in [0, 0.1) is 11.3 Å². The van der Waals surface area contributed by atoms with Crippen LogP contribution >= 0.6 is 0 Å². The van der Waals surface area contributed by atoms with Crippen molar-refractivity contribution in [1.29, 1.82) is 5.26 Å². The Bertz CT molecular complexity index is 2080. The average molecular weight is 639 g/mol. The third-order valence-electron chi connectivity index (χ3n) is 9.14. The lowest BCUT2D eigenvalue weighted by Gasteiger charge is -2.41. The van der Waals surface area contributed by atoms with E-state index in [0.717, 1.165) is 27.3 Å². The highest BCUT2D eigenvalue weighted by Crippen LogP contribution is 2.43. The zero-order chi connectivity index (χ0) is 32.8. The van der Waals surface area contributed by atoms with Gasteiger partial charge in [-0.3, -0.25) is 9.69 Å². The Morgan fingerprint density at radius 1 is 1.13 bits per heavy atom. The fourth-order valence-corrected chi connectivity index (χ4v) is 6.86. The van der Waals surface area contributed by atoms with Gasteiger partial charge in [-0.15, -0.1) is 0 Å². The van der Waals surface area contributed by atoms with E-state index < -0.39 is 23.9 Å². The topological polar surface area (TPSA) is 119 Å². The third kappa shape index (κ3) is 5.57. The van der Waals surface area contributed by atoms with Crippen LogP contribution in [0.2, 0.25) is 0 Å². The molecule has 3 atom stereocenters. The highest BCUT2D eigenvalue weighted by atomic mass is 19.1. The number of nitriles is 1. The molecule has 0 spiro atoms. The number of anilines is 1. The van der Waals surface area contributed by atoms with Crippen LogP contribution in [-0.4, -0.2) is 88.9 Å². The van der Waals surface area contributed by atoms with E-state index in [1.54, 1.807) is 18.4 Å². The van der Waals surface area contributed by atoms with Crippen LogP contribution in [0.4, 0.5) is 14.6 Å². The quantitative estimate of drug-likeness (QED) is 0.223. The van der Waals surface area contributed by atoms with Crippen molar-refractivity contribution >= 4 is 44.4 Å². The number of ether oxygens (including phenoxy) is 1. The fraction of sp³-hybridized carbons (Fsp3) is 0.314. The van der Waals surface area contributed by atoms with Crippen molar-refractivity contribution in [2.45, 2.75) is 31.1 Å². The number of aromatic hydroxyl groups is 1. The lowest BCUT2D eigenvalue weighted by atomic mass is 9.94. The molecule has 5 aromatic rings. The number of likely N-dealkylation sites (N-methyl/N-ethyl adjacent to an activating group) is 1. The highest BCUT2D eigenvalue weighted by Gasteiger charge is 2.34. The second-order valence-corrected chi connectivity index (χ2v) is 12.1. The van der Waals surface area contributed by atoms with Crippen molar-refractivity contribution < 1.29 is 27.8 Å². The number of piperazine rings is 1. The number of benzene rings is 3. The Labute approximate surface area is 269 Å². The van der Waals surface area contributed by atoms with Crippen molar-refractivity contribution in [3.05, 3.63) is 67.2 Å². The molecule has 0 aliphatic carbocycles. The molecule has 3 aromatic carbocycles. The minimum atomic E-state index is -1.08. The molecule has 12 heteroatoms. The number of rotatable bonds is 7. The van der Waals surface area contributed by atoms with E-state index in [4.69, 9.17) is 19.1 Å². The summed E-state index contributed by atoms with van der Waals surface area (Å²) in [6.45, 7) is 4.26. The molecule has 1 N–H and O–H groups in total. The van der Waals surface area contributed by atoms with Crippen molar-refractivity contribution in [2.24, 2.45) is 0 Å². The molecule has 2 aliphatic heterocycles. The molecule has 47 heavy (non-hydrogen) atoms. The van der Waals surface area contributed by atoms with Gasteiger partial charge in [0.05, 0.1) is 35.7 Å². The maximum atomic E-state index is 14.1. The number of amides is 1. The maximum Gasteiger partial charge on any atom is 0.319 e. The first kappa shape index (κ1) is 30.4. The molecule has 2 aromatic heterocycles. The van der Waals surface area contributed by atoms with Crippen molar-refractivity contribution in [3.63, 3.8) is 0 Å². The summed E-state index contributed by atoms with van der Waals surface area (Å²) in [5, 5.41) is 23.4. The van der Waals surface area contributed by atoms with Gasteiger partial charge in [0.1, 0.15) is 29.9 Å². The van der Waals surface area contributed by atoms with Crippen LogP contribution < -0.4 is 9.64 Å². The number of alkyl halides is 1. The Kier molecular flexibility index (Phi) is 7.85. The number of nitrogens with zero attached hydrogens (tertiary/aromatic N) is 6. The first-order valence-corrected chi connectivity index (χ1v) is 15.4. The number of phenols is 1. The van der Waals surface area contributed by atoms with E-state index in [0.29, 0.717) is 35.3 Å². The summed E-state index contributed by atoms with van der Waals surface area (Å²) in [4.78, 5) is 27.4. The number of aromatic nitrogens is 2. The van der Waals surface area contributed by atoms with E-state index in [1.165, 1.54) is 4.90 Å². The molecule has 0 bridgehead atoms. The molecule has 0 unspecified atom stereocenters. The summed E-state index contributed by atoms with van der Waals surface area (Å²) in [5.41, 5.74) is 2.57. The summed E-state index contributed by atoms with van der Waals surface area (Å²) in [6, 6.07) is 16.3. The normalized spacial score (nSPS) is 20.3.